The first-order valence-corrected chi connectivity index (χ1v) is 6.94. The average molecular weight is 333 g/mol. The van der Waals surface area contributed by atoms with Crippen LogP contribution in [-0.2, 0) is 16.1 Å². The van der Waals surface area contributed by atoms with E-state index >= 15 is 0 Å². The van der Waals surface area contributed by atoms with Crippen LogP contribution in [0.4, 0.5) is 0 Å². The van der Waals surface area contributed by atoms with Gasteiger partial charge in [0.2, 0.25) is 5.91 Å². The van der Waals surface area contributed by atoms with Crippen molar-refractivity contribution in [3.8, 4) is 0 Å². The fourth-order valence-corrected chi connectivity index (χ4v) is 2.86. The maximum absolute atomic E-state index is 11.2. The molecule has 18 heavy (non-hydrogen) atoms. The average Bonchev–Trinajstić information content (AvgIpc) is 2.70. The molecule has 0 aliphatic heterocycles. The second-order valence-corrected chi connectivity index (χ2v) is 5.84. The van der Waals surface area contributed by atoms with Crippen LogP contribution in [0.5, 0.6) is 0 Å². The zero-order valence-corrected chi connectivity index (χ0v) is 11.9. The molecule has 0 aliphatic rings. The monoisotopic (exact) mass is 332 g/mol. The molecule has 1 unspecified atom stereocenters. The number of primary amides is 1. The molecule has 3 N–H and O–H groups in total. The van der Waals surface area contributed by atoms with Crippen molar-refractivity contribution in [2.24, 2.45) is 5.73 Å². The fourth-order valence-electron chi connectivity index (χ4n) is 1.45. The minimum absolute atomic E-state index is 0.270. The number of nitrogens with two attached hydrogens (primary N) is 1. The predicted molar refractivity (Wildman–Crippen MR) is 72.5 cm³/mol. The molecule has 1 amide bonds. The predicted octanol–water partition coefficient (Wildman–Crippen LogP) is 1.25. The van der Waals surface area contributed by atoms with E-state index in [1.807, 2.05) is 0 Å². The second kappa shape index (κ2) is 7.40. The Kier molecular flexibility index (Phi) is 6.17. The van der Waals surface area contributed by atoms with E-state index in [-0.39, 0.29) is 6.42 Å². The first-order chi connectivity index (χ1) is 8.60. The summed E-state index contributed by atoms with van der Waals surface area (Å²) in [6.45, 7) is 0.352. The van der Waals surface area contributed by atoms with Crippen molar-refractivity contribution >= 4 is 45.7 Å². The third-order valence-corrected chi connectivity index (χ3v) is 4.31. The summed E-state index contributed by atoms with van der Waals surface area (Å²) in [5, 5.41) is 4.69. The Hall–Kier alpha value is -1.05. The lowest BCUT2D eigenvalue weighted by Crippen LogP contribution is -2.41. The summed E-state index contributed by atoms with van der Waals surface area (Å²) in [7, 11) is 0. The number of hydrogen-bond donors (Lipinski definition) is 2. The molecule has 98 valence electrons. The van der Waals surface area contributed by atoms with Gasteiger partial charge in [0, 0.05) is 29.5 Å². The van der Waals surface area contributed by atoms with E-state index in [0.717, 1.165) is 21.9 Å². The Bertz CT molecular complexity index is 447. The largest absolute Gasteiger partial charge is 0.368 e. The third-order valence-electron chi connectivity index (χ3n) is 2.44. The van der Waals surface area contributed by atoms with E-state index in [4.69, 9.17) is 5.73 Å². The van der Waals surface area contributed by atoms with Crippen LogP contribution in [-0.4, -0.2) is 24.5 Å². The van der Waals surface area contributed by atoms with Crippen molar-refractivity contribution < 1.29 is 14.4 Å². The standard InChI is InChI=1S/C11H13BrN2O3S/c12-10-8(7(5-16)6-18-10)4-14-9(11(13)17)2-1-3-15/h3,5-6,9,14H,1-2,4H2,(H2,13,17). The van der Waals surface area contributed by atoms with Gasteiger partial charge in [-0.2, -0.15) is 0 Å². The zero-order chi connectivity index (χ0) is 13.5. The quantitative estimate of drug-likeness (QED) is 0.701. The second-order valence-electron chi connectivity index (χ2n) is 3.64. The molecule has 1 aromatic heterocycles. The van der Waals surface area contributed by atoms with Gasteiger partial charge in [0.05, 0.1) is 9.83 Å². The topological polar surface area (TPSA) is 89.3 Å². The van der Waals surface area contributed by atoms with Crippen molar-refractivity contribution in [1.29, 1.82) is 0 Å². The van der Waals surface area contributed by atoms with Gasteiger partial charge in [0.1, 0.15) is 6.29 Å². The molecule has 0 spiro atoms. The summed E-state index contributed by atoms with van der Waals surface area (Å²) in [4.78, 5) is 32.3. The van der Waals surface area contributed by atoms with E-state index in [9.17, 15) is 14.4 Å². The third kappa shape index (κ3) is 4.01. The van der Waals surface area contributed by atoms with Crippen LogP contribution < -0.4 is 11.1 Å². The van der Waals surface area contributed by atoms with Gasteiger partial charge in [0.25, 0.3) is 0 Å². The highest BCUT2D eigenvalue weighted by Crippen LogP contribution is 2.27. The van der Waals surface area contributed by atoms with Gasteiger partial charge in [-0.05, 0) is 22.4 Å². The summed E-state index contributed by atoms with van der Waals surface area (Å²) < 4.78 is 0.843. The SMILES string of the molecule is NC(=O)C(CCC=O)NCc1c(C=O)csc1Br. The summed E-state index contributed by atoms with van der Waals surface area (Å²) in [5.41, 5.74) is 6.61. The summed E-state index contributed by atoms with van der Waals surface area (Å²) in [5.74, 6) is -0.504. The first kappa shape index (κ1) is 15.0. The molecule has 1 aromatic rings. The molecular formula is C11H13BrN2O3S. The maximum atomic E-state index is 11.2. The molecule has 0 saturated heterocycles. The van der Waals surface area contributed by atoms with Crippen LogP contribution in [0.25, 0.3) is 0 Å². The van der Waals surface area contributed by atoms with E-state index in [0.29, 0.717) is 18.5 Å². The highest BCUT2D eigenvalue weighted by atomic mass is 79.9. The van der Waals surface area contributed by atoms with Crippen LogP contribution >= 0.6 is 27.3 Å². The van der Waals surface area contributed by atoms with Gasteiger partial charge in [-0.3, -0.25) is 9.59 Å². The lowest BCUT2D eigenvalue weighted by molar-refractivity contribution is -0.120. The van der Waals surface area contributed by atoms with Crippen LogP contribution in [0.1, 0.15) is 28.8 Å². The minimum atomic E-state index is -0.568. The lowest BCUT2D eigenvalue weighted by Gasteiger charge is -2.14. The highest BCUT2D eigenvalue weighted by Gasteiger charge is 2.16. The van der Waals surface area contributed by atoms with Gasteiger partial charge in [-0.15, -0.1) is 11.3 Å². The van der Waals surface area contributed by atoms with E-state index in [2.05, 4.69) is 21.2 Å². The molecule has 0 aromatic carbocycles. The zero-order valence-electron chi connectivity index (χ0n) is 9.52. The summed E-state index contributed by atoms with van der Waals surface area (Å²) >= 11 is 4.75. The Labute approximate surface area is 117 Å². The van der Waals surface area contributed by atoms with E-state index < -0.39 is 11.9 Å². The maximum Gasteiger partial charge on any atom is 0.234 e. The number of carbonyl (C=O) groups is 3. The molecule has 7 heteroatoms. The number of hydrogen-bond acceptors (Lipinski definition) is 5. The Balaban J connectivity index is 2.66. The van der Waals surface area contributed by atoms with Crippen molar-refractivity contribution in [3.05, 3.63) is 20.3 Å². The Morgan fingerprint density at radius 3 is 2.83 bits per heavy atom. The molecule has 0 aliphatic carbocycles. The highest BCUT2D eigenvalue weighted by molar-refractivity contribution is 9.11. The molecule has 1 rings (SSSR count). The molecular weight excluding hydrogens is 320 g/mol. The number of halogens is 1. The van der Waals surface area contributed by atoms with E-state index in [1.165, 1.54) is 11.3 Å². The number of rotatable bonds is 8. The van der Waals surface area contributed by atoms with Gasteiger partial charge in [0.15, 0.2) is 6.29 Å². The van der Waals surface area contributed by atoms with Crippen LogP contribution in [0.3, 0.4) is 0 Å². The van der Waals surface area contributed by atoms with Gasteiger partial charge in [-0.25, -0.2) is 0 Å². The molecule has 0 radical (unpaired) electrons. The number of nitrogens with one attached hydrogen (secondary N) is 1. The number of amides is 1. The molecule has 1 atom stereocenters. The van der Waals surface area contributed by atoms with Gasteiger partial charge < -0.3 is 15.8 Å². The summed E-state index contributed by atoms with van der Waals surface area (Å²) in [6.07, 6.45) is 2.14. The molecule has 5 nitrogen and oxygen atoms in total. The summed E-state index contributed by atoms with van der Waals surface area (Å²) in [6, 6.07) is -0.568. The molecule has 0 bridgehead atoms. The number of thiophene rings is 1. The minimum Gasteiger partial charge on any atom is -0.368 e. The molecule has 0 fully saturated rings. The normalized spacial score (nSPS) is 12.1. The number of carbonyl (C=O) groups excluding carboxylic acids is 3. The van der Waals surface area contributed by atoms with Crippen molar-refractivity contribution in [2.45, 2.75) is 25.4 Å². The van der Waals surface area contributed by atoms with Gasteiger partial charge in [-0.1, -0.05) is 0 Å². The Morgan fingerprint density at radius 1 is 1.56 bits per heavy atom. The number of aldehydes is 2. The van der Waals surface area contributed by atoms with E-state index in [1.54, 1.807) is 5.38 Å². The Morgan fingerprint density at radius 2 is 2.28 bits per heavy atom. The van der Waals surface area contributed by atoms with Crippen molar-refractivity contribution in [3.63, 3.8) is 0 Å². The first-order valence-electron chi connectivity index (χ1n) is 5.27. The van der Waals surface area contributed by atoms with Crippen LogP contribution in [0.15, 0.2) is 9.17 Å². The fraction of sp³-hybridized carbons (Fsp3) is 0.364. The van der Waals surface area contributed by atoms with Crippen molar-refractivity contribution in [2.75, 3.05) is 0 Å². The van der Waals surface area contributed by atoms with Crippen molar-refractivity contribution in [1.82, 2.24) is 5.32 Å². The molecule has 0 saturated carbocycles. The van der Waals surface area contributed by atoms with Crippen LogP contribution in [0.2, 0.25) is 0 Å². The smallest absolute Gasteiger partial charge is 0.234 e. The lowest BCUT2D eigenvalue weighted by atomic mass is 10.1. The van der Waals surface area contributed by atoms with Gasteiger partial charge >= 0.3 is 0 Å². The molecule has 1 heterocycles. The van der Waals surface area contributed by atoms with Crippen LogP contribution in [0, 0.1) is 0 Å².